The van der Waals surface area contributed by atoms with E-state index in [-0.39, 0.29) is 5.54 Å². The van der Waals surface area contributed by atoms with Crippen molar-refractivity contribution in [1.82, 2.24) is 19.8 Å². The maximum atomic E-state index is 4.23. The van der Waals surface area contributed by atoms with Crippen LogP contribution in [0.3, 0.4) is 0 Å². The highest BCUT2D eigenvalue weighted by molar-refractivity contribution is 5.01. The van der Waals surface area contributed by atoms with Crippen molar-refractivity contribution in [3.63, 3.8) is 0 Å². The Labute approximate surface area is 97.7 Å². The van der Waals surface area contributed by atoms with Crippen LogP contribution in [0.1, 0.15) is 26.5 Å². The number of imidazole rings is 1. The van der Waals surface area contributed by atoms with Gasteiger partial charge in [-0.25, -0.2) is 4.98 Å². The van der Waals surface area contributed by atoms with Crippen molar-refractivity contribution in [3.05, 3.63) is 18.2 Å². The van der Waals surface area contributed by atoms with Crippen LogP contribution < -0.4 is 5.32 Å². The molecule has 0 aromatic carbocycles. The minimum atomic E-state index is 0.237. The molecular weight excluding hydrogens is 200 g/mol. The van der Waals surface area contributed by atoms with Crippen molar-refractivity contribution in [2.24, 2.45) is 0 Å². The first-order valence-corrected chi connectivity index (χ1v) is 6.08. The molecule has 0 bridgehead atoms. The van der Waals surface area contributed by atoms with Crippen molar-refractivity contribution in [2.75, 3.05) is 19.6 Å². The lowest BCUT2D eigenvalue weighted by molar-refractivity contribution is 0.0802. The quantitative estimate of drug-likeness (QED) is 0.831. The standard InChI is InChI=1S/C12H22N4/c1-4-15-10-14-7-11(15)8-16-6-5-13-9-12(16,2)3/h7,10,13H,4-6,8-9H2,1-3H3. The smallest absolute Gasteiger partial charge is 0.0948 e. The van der Waals surface area contributed by atoms with E-state index in [2.05, 4.69) is 40.5 Å². The molecule has 0 unspecified atom stereocenters. The molecule has 2 heterocycles. The number of aryl methyl sites for hydroxylation is 1. The second kappa shape index (κ2) is 4.55. The van der Waals surface area contributed by atoms with E-state index in [1.807, 2.05) is 12.5 Å². The average molecular weight is 222 g/mol. The van der Waals surface area contributed by atoms with Gasteiger partial charge in [-0.3, -0.25) is 4.90 Å². The Morgan fingerprint density at radius 2 is 2.31 bits per heavy atom. The average Bonchev–Trinajstić information content (AvgIpc) is 2.68. The number of piperazine rings is 1. The minimum Gasteiger partial charge on any atom is -0.334 e. The lowest BCUT2D eigenvalue weighted by Gasteiger charge is -2.42. The third-order valence-electron chi connectivity index (χ3n) is 3.46. The highest BCUT2D eigenvalue weighted by Crippen LogP contribution is 2.19. The van der Waals surface area contributed by atoms with Crippen molar-refractivity contribution in [3.8, 4) is 0 Å². The fourth-order valence-electron chi connectivity index (χ4n) is 2.28. The molecule has 0 atom stereocenters. The van der Waals surface area contributed by atoms with Gasteiger partial charge in [0.15, 0.2) is 0 Å². The van der Waals surface area contributed by atoms with E-state index in [1.165, 1.54) is 5.69 Å². The SMILES string of the molecule is CCn1cncc1CN1CCNCC1(C)C. The van der Waals surface area contributed by atoms with E-state index in [0.717, 1.165) is 32.7 Å². The monoisotopic (exact) mass is 222 g/mol. The predicted octanol–water partition coefficient (Wildman–Crippen LogP) is 1.09. The molecular formula is C12H22N4. The fourth-order valence-corrected chi connectivity index (χ4v) is 2.28. The van der Waals surface area contributed by atoms with Crippen LogP contribution in [0.2, 0.25) is 0 Å². The number of nitrogens with zero attached hydrogens (tertiary/aromatic N) is 3. The summed E-state index contributed by atoms with van der Waals surface area (Å²) < 4.78 is 2.22. The summed E-state index contributed by atoms with van der Waals surface area (Å²) in [6.07, 6.45) is 3.91. The van der Waals surface area contributed by atoms with Gasteiger partial charge in [-0.1, -0.05) is 0 Å². The van der Waals surface area contributed by atoms with Gasteiger partial charge in [0.1, 0.15) is 0 Å². The van der Waals surface area contributed by atoms with Gasteiger partial charge >= 0.3 is 0 Å². The van der Waals surface area contributed by atoms with Gasteiger partial charge in [-0.2, -0.15) is 0 Å². The summed E-state index contributed by atoms with van der Waals surface area (Å²) in [5.41, 5.74) is 1.55. The van der Waals surface area contributed by atoms with Crippen LogP contribution in [-0.2, 0) is 13.1 Å². The highest BCUT2D eigenvalue weighted by atomic mass is 15.3. The highest BCUT2D eigenvalue weighted by Gasteiger charge is 2.29. The number of hydrogen-bond acceptors (Lipinski definition) is 3. The normalized spacial score (nSPS) is 21.2. The molecule has 0 aliphatic carbocycles. The fraction of sp³-hybridized carbons (Fsp3) is 0.750. The molecule has 1 aromatic rings. The number of nitrogens with one attached hydrogen (secondary N) is 1. The summed E-state index contributed by atoms with van der Waals surface area (Å²) in [4.78, 5) is 6.76. The second-order valence-electron chi connectivity index (χ2n) is 5.08. The van der Waals surface area contributed by atoms with Gasteiger partial charge < -0.3 is 9.88 Å². The van der Waals surface area contributed by atoms with E-state index in [4.69, 9.17) is 0 Å². The molecule has 1 aromatic heterocycles. The summed E-state index contributed by atoms with van der Waals surface area (Å²) in [7, 11) is 0. The van der Waals surface area contributed by atoms with Crippen LogP contribution in [0.4, 0.5) is 0 Å². The molecule has 0 saturated carbocycles. The van der Waals surface area contributed by atoms with Crippen LogP contribution in [0, 0.1) is 0 Å². The molecule has 4 nitrogen and oxygen atoms in total. The molecule has 1 aliphatic heterocycles. The second-order valence-corrected chi connectivity index (χ2v) is 5.08. The van der Waals surface area contributed by atoms with Crippen molar-refractivity contribution in [1.29, 1.82) is 0 Å². The number of hydrogen-bond donors (Lipinski definition) is 1. The Morgan fingerprint density at radius 3 is 3.00 bits per heavy atom. The minimum absolute atomic E-state index is 0.237. The molecule has 4 heteroatoms. The summed E-state index contributed by atoms with van der Waals surface area (Å²) in [5.74, 6) is 0. The Morgan fingerprint density at radius 1 is 1.50 bits per heavy atom. The Hall–Kier alpha value is -0.870. The number of rotatable bonds is 3. The molecule has 0 amide bonds. The molecule has 0 spiro atoms. The van der Waals surface area contributed by atoms with Crippen LogP contribution in [0.15, 0.2) is 12.5 Å². The molecule has 1 saturated heterocycles. The van der Waals surface area contributed by atoms with Crippen molar-refractivity contribution >= 4 is 0 Å². The lowest BCUT2D eigenvalue weighted by Crippen LogP contribution is -2.57. The van der Waals surface area contributed by atoms with Crippen LogP contribution >= 0.6 is 0 Å². The van der Waals surface area contributed by atoms with Gasteiger partial charge in [0.25, 0.3) is 0 Å². The number of aromatic nitrogens is 2. The zero-order chi connectivity index (χ0) is 11.6. The molecule has 2 rings (SSSR count). The van der Waals surface area contributed by atoms with Crippen LogP contribution in [0.5, 0.6) is 0 Å². The van der Waals surface area contributed by atoms with Crippen LogP contribution in [-0.4, -0.2) is 39.6 Å². The molecule has 16 heavy (non-hydrogen) atoms. The Kier molecular flexibility index (Phi) is 3.30. The maximum Gasteiger partial charge on any atom is 0.0948 e. The summed E-state index contributed by atoms with van der Waals surface area (Å²) in [6, 6.07) is 0. The van der Waals surface area contributed by atoms with E-state index in [1.54, 1.807) is 0 Å². The largest absolute Gasteiger partial charge is 0.334 e. The third-order valence-corrected chi connectivity index (χ3v) is 3.46. The zero-order valence-corrected chi connectivity index (χ0v) is 10.5. The molecule has 1 fully saturated rings. The molecule has 1 aliphatic rings. The van der Waals surface area contributed by atoms with Crippen LogP contribution in [0.25, 0.3) is 0 Å². The topological polar surface area (TPSA) is 33.1 Å². The van der Waals surface area contributed by atoms with Gasteiger partial charge in [0.05, 0.1) is 12.0 Å². The molecule has 1 N–H and O–H groups in total. The van der Waals surface area contributed by atoms with Crippen molar-refractivity contribution in [2.45, 2.75) is 39.4 Å². The zero-order valence-electron chi connectivity index (χ0n) is 10.5. The van der Waals surface area contributed by atoms with Gasteiger partial charge in [-0.15, -0.1) is 0 Å². The maximum absolute atomic E-state index is 4.23. The molecule has 0 radical (unpaired) electrons. The Bertz CT molecular complexity index is 343. The first-order valence-electron chi connectivity index (χ1n) is 6.08. The van der Waals surface area contributed by atoms with Gasteiger partial charge in [-0.05, 0) is 20.8 Å². The van der Waals surface area contributed by atoms with Gasteiger partial charge in [0.2, 0.25) is 0 Å². The third kappa shape index (κ3) is 2.28. The first-order chi connectivity index (χ1) is 7.63. The van der Waals surface area contributed by atoms with E-state index < -0.39 is 0 Å². The lowest BCUT2D eigenvalue weighted by atomic mass is 10.00. The predicted molar refractivity (Wildman–Crippen MR) is 65.3 cm³/mol. The van der Waals surface area contributed by atoms with E-state index >= 15 is 0 Å². The van der Waals surface area contributed by atoms with Gasteiger partial charge in [0, 0.05) is 44.5 Å². The summed E-state index contributed by atoms with van der Waals surface area (Å²) in [6.45, 7) is 12.0. The van der Waals surface area contributed by atoms with Crippen molar-refractivity contribution < 1.29 is 0 Å². The Balaban J connectivity index is 2.08. The van der Waals surface area contributed by atoms with E-state index in [0.29, 0.717) is 0 Å². The first kappa shape index (κ1) is 11.6. The summed E-state index contributed by atoms with van der Waals surface area (Å²) >= 11 is 0. The molecule has 90 valence electrons. The van der Waals surface area contributed by atoms with E-state index in [9.17, 15) is 0 Å². The summed E-state index contributed by atoms with van der Waals surface area (Å²) in [5, 5.41) is 3.45.